The number of fused-ring (bicyclic) bond motifs is 5. The van der Waals surface area contributed by atoms with Gasteiger partial charge in [-0.1, -0.05) is 67.1 Å². The molecule has 0 spiro atoms. The van der Waals surface area contributed by atoms with Gasteiger partial charge in [-0.2, -0.15) is 10.1 Å². The highest BCUT2D eigenvalue weighted by Crippen LogP contribution is 2.66. The fourth-order valence-electron chi connectivity index (χ4n) is 9.66. The minimum absolute atomic E-state index is 0.0451. The van der Waals surface area contributed by atoms with E-state index in [9.17, 15) is 9.90 Å². The normalized spacial score (nSPS) is 42.3. The second-order valence-electron chi connectivity index (χ2n) is 13.5. The zero-order valence-electron chi connectivity index (χ0n) is 23.0. The lowest BCUT2D eigenvalue weighted by Crippen LogP contribution is -2.51. The van der Waals surface area contributed by atoms with Gasteiger partial charge in [-0.25, -0.2) is 5.01 Å². The van der Waals surface area contributed by atoms with E-state index < -0.39 is 0 Å². The molecule has 1 aromatic carbocycles. The Kier molecular flexibility index (Phi) is 5.97. The van der Waals surface area contributed by atoms with Crippen molar-refractivity contribution in [3.05, 3.63) is 47.0 Å². The SMILES string of the molecule is Cc1cccc(C2CC([C@H]3CC[C@H]4[C@@H]5CC=C6C[C@@H](O)CC[C@]6(C)[C@H]5CC[C@]34C)=NN2C2=NC(=O)CS2)c1. The smallest absolute Gasteiger partial charge is 0.258 e. The largest absolute Gasteiger partial charge is 0.393 e. The van der Waals surface area contributed by atoms with Crippen LogP contribution in [0.5, 0.6) is 0 Å². The number of aryl methyl sites for hydroxylation is 1. The van der Waals surface area contributed by atoms with Gasteiger partial charge in [0, 0.05) is 18.1 Å². The molecule has 6 heteroatoms. The van der Waals surface area contributed by atoms with Gasteiger partial charge in [0.1, 0.15) is 0 Å². The fourth-order valence-corrected chi connectivity index (χ4v) is 10.4. The molecule has 3 saturated carbocycles. The van der Waals surface area contributed by atoms with Crippen LogP contribution in [0.3, 0.4) is 0 Å². The summed E-state index contributed by atoms with van der Waals surface area (Å²) >= 11 is 1.54. The van der Waals surface area contributed by atoms with Gasteiger partial charge in [-0.05, 0) is 92.4 Å². The van der Waals surface area contributed by atoms with Crippen LogP contribution in [0.4, 0.5) is 0 Å². The van der Waals surface area contributed by atoms with Crippen LogP contribution in [0.15, 0.2) is 46.0 Å². The molecule has 4 aliphatic carbocycles. The summed E-state index contributed by atoms with van der Waals surface area (Å²) in [6.45, 7) is 7.24. The minimum atomic E-state index is -0.141. The summed E-state index contributed by atoms with van der Waals surface area (Å²) in [7, 11) is 0. The van der Waals surface area contributed by atoms with Crippen molar-refractivity contribution in [2.75, 3.05) is 5.75 Å². The maximum absolute atomic E-state index is 12.1. The lowest BCUT2D eigenvalue weighted by atomic mass is 9.47. The van der Waals surface area contributed by atoms with Crippen molar-refractivity contribution in [3.63, 3.8) is 0 Å². The van der Waals surface area contributed by atoms with Gasteiger partial charge in [0.25, 0.3) is 5.91 Å². The Morgan fingerprint density at radius 1 is 1.08 bits per heavy atom. The van der Waals surface area contributed by atoms with E-state index in [1.165, 1.54) is 60.7 Å². The van der Waals surface area contributed by atoms with Crippen LogP contribution in [-0.4, -0.2) is 38.8 Å². The highest BCUT2D eigenvalue weighted by molar-refractivity contribution is 8.14. The fraction of sp³-hybridized carbons (Fsp3) is 0.656. The van der Waals surface area contributed by atoms with Crippen LogP contribution in [0.2, 0.25) is 0 Å². The van der Waals surface area contributed by atoms with Crippen molar-refractivity contribution in [2.24, 2.45) is 44.6 Å². The molecule has 1 N–H and O–H groups in total. The molecule has 202 valence electrons. The van der Waals surface area contributed by atoms with Gasteiger partial charge >= 0.3 is 0 Å². The third kappa shape index (κ3) is 3.80. The second kappa shape index (κ2) is 9.05. The number of nitrogens with zero attached hydrogens (tertiary/aromatic N) is 3. The first kappa shape index (κ1) is 25.1. The minimum Gasteiger partial charge on any atom is -0.393 e. The second-order valence-corrected chi connectivity index (χ2v) is 14.4. The topological polar surface area (TPSA) is 65.3 Å². The Hall–Kier alpha value is -1.92. The maximum atomic E-state index is 12.1. The van der Waals surface area contributed by atoms with Gasteiger partial charge in [0.2, 0.25) is 0 Å². The van der Waals surface area contributed by atoms with Crippen LogP contribution in [-0.2, 0) is 4.79 Å². The van der Waals surface area contributed by atoms with Crippen LogP contribution < -0.4 is 0 Å². The molecule has 0 radical (unpaired) electrons. The van der Waals surface area contributed by atoms with Gasteiger partial charge in [0.15, 0.2) is 5.17 Å². The highest BCUT2D eigenvalue weighted by Gasteiger charge is 2.60. The molecule has 3 fully saturated rings. The summed E-state index contributed by atoms with van der Waals surface area (Å²) in [5.74, 6) is 3.12. The molecule has 1 aromatic rings. The molecule has 8 atom stereocenters. The third-order valence-electron chi connectivity index (χ3n) is 11.6. The molecule has 2 heterocycles. The molecule has 0 saturated heterocycles. The lowest BCUT2D eigenvalue weighted by molar-refractivity contribution is -0.115. The number of hydrazone groups is 1. The van der Waals surface area contributed by atoms with Crippen LogP contribution >= 0.6 is 11.8 Å². The number of aliphatic hydroxyl groups is 1. The number of rotatable bonds is 2. The summed E-state index contributed by atoms with van der Waals surface area (Å²) in [5, 5.41) is 18.5. The number of carbonyl (C=O) groups excluding carboxylic acids is 1. The standard InChI is InChI=1S/C32H41N3O2S/c1-19-5-4-6-20(15-19)28-17-27(34-35(28)30-33-29(37)18-38-30)26-10-9-24-23-8-7-21-16-22(36)11-13-31(21,2)25(23)12-14-32(24,26)3/h4-7,15,22-26,28,36H,8-14,16-18H2,1-3H3/t22-,23-,24-,25-,26+,28?,31-,32-/m0/s1. The zero-order chi connectivity index (χ0) is 26.2. The third-order valence-corrected chi connectivity index (χ3v) is 12.5. The van der Waals surface area contributed by atoms with Crippen molar-refractivity contribution in [3.8, 4) is 0 Å². The quantitative estimate of drug-likeness (QED) is 0.433. The van der Waals surface area contributed by atoms with Crippen LogP contribution in [0.1, 0.15) is 88.8 Å². The molecule has 7 rings (SSSR count). The van der Waals surface area contributed by atoms with Crippen molar-refractivity contribution in [1.82, 2.24) is 5.01 Å². The zero-order valence-corrected chi connectivity index (χ0v) is 23.8. The first-order chi connectivity index (χ1) is 18.3. The molecular weight excluding hydrogens is 490 g/mol. The van der Waals surface area contributed by atoms with Crippen molar-refractivity contribution < 1.29 is 9.90 Å². The number of thioether (sulfide) groups is 1. The van der Waals surface area contributed by atoms with E-state index in [0.29, 0.717) is 11.7 Å². The van der Waals surface area contributed by atoms with Crippen LogP contribution in [0, 0.1) is 41.4 Å². The van der Waals surface area contributed by atoms with Crippen LogP contribution in [0.25, 0.3) is 0 Å². The Morgan fingerprint density at radius 2 is 1.95 bits per heavy atom. The van der Waals surface area contributed by atoms with E-state index >= 15 is 0 Å². The molecule has 5 nitrogen and oxygen atoms in total. The number of carbonyl (C=O) groups is 1. The number of amides is 1. The number of allylic oxidation sites excluding steroid dienone is 1. The van der Waals surface area contributed by atoms with Crippen molar-refractivity contribution in [1.29, 1.82) is 0 Å². The number of hydrogen-bond donors (Lipinski definition) is 1. The van der Waals surface area contributed by atoms with Gasteiger partial charge in [0.05, 0.1) is 17.9 Å². The predicted molar refractivity (Wildman–Crippen MR) is 154 cm³/mol. The summed E-state index contributed by atoms with van der Waals surface area (Å²) in [6.07, 6.45) is 12.6. The van der Waals surface area contributed by atoms with E-state index in [2.05, 4.69) is 61.1 Å². The molecule has 6 aliphatic rings. The van der Waals surface area contributed by atoms with Gasteiger partial charge in [-0.15, -0.1) is 0 Å². The van der Waals surface area contributed by atoms with E-state index in [1.807, 2.05) is 0 Å². The average Bonchev–Trinajstić information content (AvgIpc) is 3.60. The Morgan fingerprint density at radius 3 is 2.74 bits per heavy atom. The number of benzene rings is 1. The number of hydrogen-bond acceptors (Lipinski definition) is 5. The summed E-state index contributed by atoms with van der Waals surface area (Å²) < 4.78 is 0. The maximum Gasteiger partial charge on any atom is 0.258 e. The molecular formula is C32H41N3O2S. The molecule has 38 heavy (non-hydrogen) atoms. The van der Waals surface area contributed by atoms with Gasteiger partial charge in [-0.3, -0.25) is 4.79 Å². The Balaban J connectivity index is 1.19. The molecule has 0 bridgehead atoms. The van der Waals surface area contributed by atoms with E-state index in [4.69, 9.17) is 5.10 Å². The molecule has 2 aliphatic heterocycles. The summed E-state index contributed by atoms with van der Waals surface area (Å²) in [6, 6.07) is 8.89. The first-order valence-electron chi connectivity index (χ1n) is 14.8. The molecule has 1 unspecified atom stereocenters. The molecule has 0 aromatic heterocycles. The van der Waals surface area contributed by atoms with Crippen molar-refractivity contribution >= 4 is 28.5 Å². The lowest BCUT2D eigenvalue weighted by Gasteiger charge is -2.58. The monoisotopic (exact) mass is 531 g/mol. The summed E-state index contributed by atoms with van der Waals surface area (Å²) in [5.41, 5.74) is 5.98. The highest BCUT2D eigenvalue weighted by atomic mass is 32.2. The van der Waals surface area contributed by atoms with E-state index in [1.54, 1.807) is 5.57 Å². The number of amidine groups is 1. The Labute approximate surface area is 231 Å². The molecule has 1 amide bonds. The number of aliphatic imine (C=N–C) groups is 1. The average molecular weight is 532 g/mol. The Bertz CT molecular complexity index is 1250. The van der Waals surface area contributed by atoms with E-state index in [0.717, 1.165) is 48.6 Å². The number of aliphatic hydroxyl groups excluding tert-OH is 1. The van der Waals surface area contributed by atoms with Gasteiger partial charge < -0.3 is 5.11 Å². The predicted octanol–water partition coefficient (Wildman–Crippen LogP) is 6.67. The van der Waals surface area contributed by atoms with E-state index in [-0.39, 0.29) is 28.9 Å². The first-order valence-corrected chi connectivity index (χ1v) is 15.8. The summed E-state index contributed by atoms with van der Waals surface area (Å²) in [4.78, 5) is 16.4. The van der Waals surface area contributed by atoms with Crippen molar-refractivity contribution in [2.45, 2.75) is 90.7 Å².